The molecule has 2 heterocycles. The monoisotopic (exact) mass is 536 g/mol. The molecule has 0 bridgehead atoms. The lowest BCUT2D eigenvalue weighted by Gasteiger charge is -2.23. The number of carbonyl (C=O) groups is 2. The number of hydrogen-bond donors (Lipinski definition) is 1. The summed E-state index contributed by atoms with van der Waals surface area (Å²) >= 11 is 6.96. The summed E-state index contributed by atoms with van der Waals surface area (Å²) in [6.07, 6.45) is 2.18. The minimum absolute atomic E-state index is 0.0110. The van der Waals surface area contributed by atoms with Crippen molar-refractivity contribution in [2.45, 2.75) is 0 Å². The number of ether oxygens (including phenoxy) is 2. The van der Waals surface area contributed by atoms with Gasteiger partial charge in [0.05, 0.1) is 35.2 Å². The lowest BCUT2D eigenvalue weighted by Crippen LogP contribution is -2.45. The second-order valence-electron chi connectivity index (χ2n) is 7.08. The molecule has 14 heteroatoms. The van der Waals surface area contributed by atoms with Gasteiger partial charge in [0.1, 0.15) is 11.7 Å². The molecule has 2 aromatic rings. The number of nitrogens with one attached hydrogen (secondary N) is 1. The van der Waals surface area contributed by atoms with Crippen molar-refractivity contribution in [1.29, 1.82) is 5.41 Å². The predicted octanol–water partition coefficient (Wildman–Crippen LogP) is 3.33. The van der Waals surface area contributed by atoms with Crippen molar-refractivity contribution >= 4 is 67.5 Å². The van der Waals surface area contributed by atoms with Gasteiger partial charge in [-0.2, -0.15) is 9.39 Å². The summed E-state index contributed by atoms with van der Waals surface area (Å²) < 4.78 is 52.3. The summed E-state index contributed by atoms with van der Waals surface area (Å²) in [4.78, 5) is 29.7. The van der Waals surface area contributed by atoms with Gasteiger partial charge in [0.25, 0.3) is 5.91 Å². The van der Waals surface area contributed by atoms with Crippen molar-refractivity contribution < 1.29 is 31.9 Å². The maximum Gasteiger partial charge on any atom is 0.346 e. The second-order valence-corrected chi connectivity index (χ2v) is 10.1. The molecule has 35 heavy (non-hydrogen) atoms. The molecule has 0 radical (unpaired) electrons. The Morgan fingerprint density at radius 1 is 1.29 bits per heavy atom. The van der Waals surface area contributed by atoms with Gasteiger partial charge in [-0.25, -0.2) is 22.5 Å². The fourth-order valence-electron chi connectivity index (χ4n) is 3.10. The number of rotatable bonds is 4. The van der Waals surface area contributed by atoms with Gasteiger partial charge < -0.3 is 9.47 Å². The molecule has 0 spiro atoms. The van der Waals surface area contributed by atoms with E-state index in [9.17, 15) is 22.4 Å². The Balaban J connectivity index is 1.69. The molecule has 0 aliphatic carbocycles. The lowest BCUT2D eigenvalue weighted by atomic mass is 10.1. The third-order valence-corrected chi connectivity index (χ3v) is 6.71. The van der Waals surface area contributed by atoms with Gasteiger partial charge in [0.2, 0.25) is 20.2 Å². The minimum Gasteiger partial charge on any atom is -0.493 e. The van der Waals surface area contributed by atoms with E-state index >= 15 is 0 Å². The fraction of sp³-hybridized carbons (Fsp3) is 0.0952. The van der Waals surface area contributed by atoms with Crippen LogP contribution < -0.4 is 9.47 Å². The number of sulfone groups is 1. The van der Waals surface area contributed by atoms with E-state index in [0.29, 0.717) is 11.9 Å². The number of nitrogens with zero attached hydrogens (tertiary/aromatic N) is 3. The topological polar surface area (TPSA) is 139 Å². The number of methoxy groups -OCH3 is 1. The van der Waals surface area contributed by atoms with Crippen LogP contribution >= 0.6 is 23.5 Å². The first-order valence-corrected chi connectivity index (χ1v) is 12.6. The Hall–Kier alpha value is -3.55. The number of carbonyl (C=O) groups excluding carboxylic acids is 2. The molecule has 10 nitrogen and oxygen atoms in total. The molecule has 0 saturated heterocycles. The van der Waals surface area contributed by atoms with Crippen LogP contribution in [0, 0.1) is 11.2 Å². The van der Waals surface area contributed by atoms with Gasteiger partial charge in [-0.3, -0.25) is 10.2 Å². The molecule has 2 aliphatic heterocycles. The number of esters is 1. The smallest absolute Gasteiger partial charge is 0.346 e. The summed E-state index contributed by atoms with van der Waals surface area (Å²) in [5.41, 5.74) is -0.283. The summed E-state index contributed by atoms with van der Waals surface area (Å²) in [5, 5.41) is 7.82. The highest BCUT2D eigenvalue weighted by atomic mass is 35.5. The second kappa shape index (κ2) is 9.24. The van der Waals surface area contributed by atoms with Crippen molar-refractivity contribution in [2.75, 3.05) is 13.4 Å². The van der Waals surface area contributed by atoms with Crippen molar-refractivity contribution in [3.05, 3.63) is 63.9 Å². The first-order chi connectivity index (χ1) is 16.5. The van der Waals surface area contributed by atoms with E-state index < -0.39 is 38.5 Å². The van der Waals surface area contributed by atoms with Crippen molar-refractivity contribution in [1.82, 2.24) is 4.90 Å². The Kier molecular flexibility index (Phi) is 6.49. The van der Waals surface area contributed by atoms with E-state index in [4.69, 9.17) is 26.5 Å². The summed E-state index contributed by atoms with van der Waals surface area (Å²) in [5.74, 6) is -3.21. The zero-order valence-corrected chi connectivity index (χ0v) is 20.3. The third kappa shape index (κ3) is 4.70. The zero-order valence-electron chi connectivity index (χ0n) is 17.9. The number of halogens is 2. The number of aliphatic imine (C=N–C) groups is 1. The highest BCUT2D eigenvalue weighted by Crippen LogP contribution is 2.38. The lowest BCUT2D eigenvalue weighted by molar-refractivity contribution is -0.114. The van der Waals surface area contributed by atoms with Gasteiger partial charge in [-0.1, -0.05) is 23.7 Å². The van der Waals surface area contributed by atoms with E-state index in [0.717, 1.165) is 17.2 Å². The molecule has 0 aromatic heterocycles. The molecule has 1 N–H and O–H groups in total. The molecular formula is C21H14ClFN4O6S2. The van der Waals surface area contributed by atoms with Crippen LogP contribution in [0.1, 0.15) is 15.9 Å². The van der Waals surface area contributed by atoms with E-state index in [2.05, 4.69) is 9.39 Å². The molecule has 0 fully saturated rings. The van der Waals surface area contributed by atoms with Gasteiger partial charge in [0.15, 0.2) is 11.5 Å². The molecule has 0 saturated carbocycles. The summed E-state index contributed by atoms with van der Waals surface area (Å²) in [6.45, 7) is 0. The molecule has 2 aromatic carbocycles. The molecule has 4 rings (SSSR count). The molecule has 0 unspecified atom stereocenters. The normalized spacial score (nSPS) is 16.7. The molecule has 0 atom stereocenters. The van der Waals surface area contributed by atoms with Crippen molar-refractivity contribution in [3.63, 3.8) is 0 Å². The highest BCUT2D eigenvalue weighted by Gasteiger charge is 2.41. The molecule has 1 amide bonds. The highest BCUT2D eigenvalue weighted by molar-refractivity contribution is 8.16. The number of hydrogen-bond acceptors (Lipinski definition) is 9. The fourth-order valence-corrected chi connectivity index (χ4v) is 5.20. The first-order valence-electron chi connectivity index (χ1n) is 9.54. The largest absolute Gasteiger partial charge is 0.493 e. The third-order valence-electron chi connectivity index (χ3n) is 4.68. The van der Waals surface area contributed by atoms with Gasteiger partial charge in [-0.15, -0.1) is 0 Å². The van der Waals surface area contributed by atoms with Crippen LogP contribution in [0.4, 0.5) is 4.39 Å². The quantitative estimate of drug-likeness (QED) is 0.272. The van der Waals surface area contributed by atoms with Gasteiger partial charge >= 0.3 is 5.97 Å². The molecule has 180 valence electrons. The maximum absolute atomic E-state index is 13.9. The van der Waals surface area contributed by atoms with Crippen LogP contribution in [0.2, 0.25) is 5.02 Å². The minimum atomic E-state index is -3.80. The van der Waals surface area contributed by atoms with Crippen LogP contribution in [0.5, 0.6) is 11.5 Å². The van der Waals surface area contributed by atoms with Crippen LogP contribution in [0.3, 0.4) is 0 Å². The van der Waals surface area contributed by atoms with Crippen molar-refractivity contribution in [3.8, 4) is 11.5 Å². The Morgan fingerprint density at radius 2 is 2.00 bits per heavy atom. The SMILES string of the molecule is COc1cc(/C=C2/C(=N)N3C(=NC2=O)SN=C3S(C)(=O)=O)cc(Cl)c1OC(=O)c1ccccc1F. The van der Waals surface area contributed by atoms with E-state index in [1.165, 1.54) is 43.5 Å². The summed E-state index contributed by atoms with van der Waals surface area (Å²) in [7, 11) is -2.52. The average Bonchev–Trinajstić information content (AvgIpc) is 3.23. The standard InChI is InChI=1S/C21H14ClFN4O6S2/c1-32-15-9-10(8-13(22)16(15)33-19(29)11-5-3-4-6-14(11)23)7-12-17(24)27-20(25-18(12)28)34-26-21(27)35(2,30)31/h3-9,24H,1-2H3/b12-7-,24-17?. The molecular weight excluding hydrogens is 523 g/mol. The Morgan fingerprint density at radius 3 is 2.66 bits per heavy atom. The van der Waals surface area contributed by atoms with Gasteiger partial charge in [-0.05, 0) is 35.9 Å². The Bertz CT molecular complexity index is 1500. The predicted molar refractivity (Wildman–Crippen MR) is 129 cm³/mol. The van der Waals surface area contributed by atoms with Crippen LogP contribution in [0.15, 0.2) is 51.4 Å². The number of benzene rings is 2. The average molecular weight is 537 g/mol. The first kappa shape index (κ1) is 24.6. The van der Waals surface area contributed by atoms with Crippen LogP contribution in [-0.4, -0.2) is 54.7 Å². The zero-order chi connectivity index (χ0) is 25.5. The Labute approximate surface area is 207 Å². The number of fused-ring (bicyclic) bond motifs is 1. The van der Waals surface area contributed by atoms with Crippen LogP contribution in [-0.2, 0) is 14.6 Å². The van der Waals surface area contributed by atoms with E-state index in [1.54, 1.807) is 0 Å². The molecule has 2 aliphatic rings. The number of amides is 1. The maximum atomic E-state index is 13.9. The van der Waals surface area contributed by atoms with E-state index in [1.807, 2.05) is 0 Å². The van der Waals surface area contributed by atoms with Crippen molar-refractivity contribution in [2.24, 2.45) is 9.39 Å². The van der Waals surface area contributed by atoms with Gasteiger partial charge in [0, 0.05) is 6.26 Å². The van der Waals surface area contributed by atoms with E-state index in [-0.39, 0.29) is 38.4 Å². The number of amidine groups is 3. The van der Waals surface area contributed by atoms with Crippen LogP contribution in [0.25, 0.3) is 6.08 Å². The summed E-state index contributed by atoms with van der Waals surface area (Å²) in [6, 6.07) is 7.93.